The van der Waals surface area contributed by atoms with Gasteiger partial charge in [0.2, 0.25) is 17.7 Å². The van der Waals surface area contributed by atoms with Crippen molar-refractivity contribution in [3.05, 3.63) is 112 Å². The van der Waals surface area contributed by atoms with Crippen LogP contribution in [0.2, 0.25) is 0 Å². The topological polar surface area (TPSA) is 184 Å². The number of likely N-dealkylation sites (tertiary alicyclic amines) is 1. The van der Waals surface area contributed by atoms with Crippen LogP contribution in [0.5, 0.6) is 0 Å². The van der Waals surface area contributed by atoms with E-state index in [9.17, 15) is 33.9 Å². The summed E-state index contributed by atoms with van der Waals surface area (Å²) >= 11 is 0. The summed E-state index contributed by atoms with van der Waals surface area (Å²) in [6.45, 7) is 5.61. The van der Waals surface area contributed by atoms with Crippen LogP contribution in [0.1, 0.15) is 49.8 Å². The number of amides is 4. The van der Waals surface area contributed by atoms with E-state index in [1.54, 1.807) is 79.7 Å². The van der Waals surface area contributed by atoms with E-state index in [4.69, 9.17) is 9.15 Å². The number of nitrogens with zero attached hydrogens (tertiary/aromatic N) is 1. The van der Waals surface area contributed by atoms with Gasteiger partial charge < -0.3 is 35.1 Å². The number of aliphatic carboxylic acids is 1. The van der Waals surface area contributed by atoms with Gasteiger partial charge >= 0.3 is 17.7 Å². The number of rotatable bonds is 14. The summed E-state index contributed by atoms with van der Waals surface area (Å²) in [6.07, 6.45) is -0.0874. The van der Waals surface area contributed by atoms with Gasteiger partial charge in [-0.1, -0.05) is 74.5 Å². The summed E-state index contributed by atoms with van der Waals surface area (Å²) in [7, 11) is 0. The molecule has 1 saturated heterocycles. The van der Waals surface area contributed by atoms with Crippen molar-refractivity contribution in [3.63, 3.8) is 0 Å². The summed E-state index contributed by atoms with van der Waals surface area (Å²) in [5, 5.41) is 19.2. The van der Waals surface area contributed by atoms with E-state index < -0.39 is 59.5 Å². The normalized spacial score (nSPS) is 15.7. The van der Waals surface area contributed by atoms with Crippen LogP contribution in [-0.4, -0.2) is 64.5 Å². The van der Waals surface area contributed by atoms with E-state index >= 15 is 0 Å². The fourth-order valence-electron chi connectivity index (χ4n) is 6.53. The number of ether oxygens (including phenoxy) is 1. The minimum atomic E-state index is -1.57. The molecule has 0 radical (unpaired) electrons. The van der Waals surface area contributed by atoms with Crippen LogP contribution in [0.15, 0.2) is 94.1 Å². The molecule has 5 rings (SSSR count). The number of nitrogens with one attached hydrogen (secondary N) is 3. The highest BCUT2D eigenvalue weighted by Crippen LogP contribution is 2.25. The quantitative estimate of drug-likeness (QED) is 0.133. The molecule has 4 atom stereocenters. The number of fused-ring (bicyclic) bond motifs is 1. The zero-order valence-corrected chi connectivity index (χ0v) is 29.9. The van der Waals surface area contributed by atoms with E-state index in [0.29, 0.717) is 34.2 Å². The third kappa shape index (κ3) is 10.1. The van der Waals surface area contributed by atoms with Crippen molar-refractivity contribution in [2.45, 2.75) is 71.2 Å². The van der Waals surface area contributed by atoms with Gasteiger partial charge in [0.1, 0.15) is 30.3 Å². The number of alkyl carbamates (subject to hydrolysis) is 1. The van der Waals surface area contributed by atoms with Crippen molar-refractivity contribution >= 4 is 46.4 Å². The lowest BCUT2D eigenvalue weighted by atomic mass is 9.91. The molecule has 0 aliphatic carbocycles. The average Bonchev–Trinajstić information content (AvgIpc) is 3.62. The average molecular weight is 725 g/mol. The third-order valence-electron chi connectivity index (χ3n) is 9.17. The van der Waals surface area contributed by atoms with E-state index in [1.165, 1.54) is 11.0 Å². The first-order chi connectivity index (χ1) is 25.4. The maximum absolute atomic E-state index is 14.3. The molecule has 1 fully saturated rings. The van der Waals surface area contributed by atoms with Gasteiger partial charge in [-0.05, 0) is 67.3 Å². The smallest absolute Gasteiger partial charge is 0.408 e. The van der Waals surface area contributed by atoms with Crippen LogP contribution in [0.3, 0.4) is 0 Å². The van der Waals surface area contributed by atoms with Gasteiger partial charge in [-0.3, -0.25) is 19.2 Å². The van der Waals surface area contributed by atoms with E-state index in [2.05, 4.69) is 16.0 Å². The van der Waals surface area contributed by atoms with E-state index in [-0.39, 0.29) is 38.3 Å². The van der Waals surface area contributed by atoms with Crippen molar-refractivity contribution in [1.29, 1.82) is 0 Å². The van der Waals surface area contributed by atoms with Gasteiger partial charge in [0.25, 0.3) is 0 Å². The lowest BCUT2D eigenvalue weighted by Crippen LogP contribution is -2.58. The fraction of sp³-hybridized carbons (Fsp3) is 0.350. The summed E-state index contributed by atoms with van der Waals surface area (Å²) in [6, 6.07) is 20.3. The predicted molar refractivity (Wildman–Crippen MR) is 197 cm³/mol. The molecule has 278 valence electrons. The number of hydrogen-bond acceptors (Lipinski definition) is 8. The van der Waals surface area contributed by atoms with Gasteiger partial charge in [0, 0.05) is 29.8 Å². The maximum atomic E-state index is 14.3. The van der Waals surface area contributed by atoms with Crippen LogP contribution in [0.4, 0.5) is 10.5 Å². The largest absolute Gasteiger partial charge is 0.481 e. The number of carbonyl (C=O) groups is 5. The number of carboxylic acid groups (broad SMARTS) is 1. The number of hydrogen-bond donors (Lipinski definition) is 4. The molecule has 53 heavy (non-hydrogen) atoms. The Morgan fingerprint density at radius 1 is 0.925 bits per heavy atom. The summed E-state index contributed by atoms with van der Waals surface area (Å²) < 4.78 is 10.7. The molecule has 13 nitrogen and oxygen atoms in total. The van der Waals surface area contributed by atoms with Gasteiger partial charge in [-0.25, -0.2) is 9.59 Å². The Hall–Kier alpha value is -5.98. The summed E-state index contributed by atoms with van der Waals surface area (Å²) in [5.74, 6) is -4.56. The monoisotopic (exact) mass is 724 g/mol. The molecule has 1 unspecified atom stereocenters. The minimum Gasteiger partial charge on any atom is -0.481 e. The van der Waals surface area contributed by atoms with Gasteiger partial charge in [-0.2, -0.15) is 0 Å². The van der Waals surface area contributed by atoms with Crippen LogP contribution in [0, 0.1) is 18.8 Å². The van der Waals surface area contributed by atoms with Crippen molar-refractivity contribution in [3.8, 4) is 0 Å². The zero-order chi connectivity index (χ0) is 38.1. The molecular formula is C40H44N4O9. The Morgan fingerprint density at radius 2 is 1.60 bits per heavy atom. The lowest BCUT2D eigenvalue weighted by Gasteiger charge is -2.32. The molecule has 0 bridgehead atoms. The second-order valence-electron chi connectivity index (χ2n) is 13.6. The van der Waals surface area contributed by atoms with E-state index in [0.717, 1.165) is 5.56 Å². The van der Waals surface area contributed by atoms with Crippen LogP contribution < -0.4 is 21.6 Å². The van der Waals surface area contributed by atoms with Crippen molar-refractivity contribution in [2.75, 3.05) is 11.9 Å². The molecule has 13 heteroatoms. The highest BCUT2D eigenvalue weighted by Gasteiger charge is 2.43. The predicted octanol–water partition coefficient (Wildman–Crippen LogP) is 4.80. The minimum absolute atomic E-state index is 0.00516. The molecule has 0 saturated carbocycles. The molecule has 1 aliphatic heterocycles. The molecule has 1 aromatic heterocycles. The van der Waals surface area contributed by atoms with Crippen LogP contribution in [-0.2, 0) is 36.9 Å². The third-order valence-corrected chi connectivity index (χ3v) is 9.17. The molecule has 4 amide bonds. The Kier molecular flexibility index (Phi) is 12.6. The van der Waals surface area contributed by atoms with E-state index in [1.807, 2.05) is 19.9 Å². The second kappa shape index (κ2) is 17.5. The standard InChI is InChI=1S/C40H44N4O9/c1-24(2)19-31(36(46)41-28-16-17-29-25(3)20-34(45)53-33(29)22-28)42-37(47)32-15-10-18-44(32)38(48)35(30(39(49)50)21-26-11-6-4-7-12-26)43-40(51)52-23-27-13-8-5-9-14-27/h4-9,11-14,16-17,20,22,24,30-32,35H,10,15,18-19,21,23H2,1-3H3,(H,41,46)(H,42,47)(H,43,51)(H,49,50)/t30?,31-,32-,35-/m0/s1. The molecular weight excluding hydrogens is 680 g/mol. The molecule has 2 heterocycles. The lowest BCUT2D eigenvalue weighted by molar-refractivity contribution is -0.149. The highest BCUT2D eigenvalue weighted by atomic mass is 16.5. The Morgan fingerprint density at radius 3 is 2.26 bits per heavy atom. The maximum Gasteiger partial charge on any atom is 0.408 e. The first-order valence-electron chi connectivity index (χ1n) is 17.6. The molecule has 1 aliphatic rings. The SMILES string of the molecule is Cc1cc(=O)oc2cc(NC(=O)[C@H](CC(C)C)NC(=O)[C@@H]3CCCN3C(=O)[C@@H](NC(=O)OCc3ccccc3)C(Cc3ccccc3)C(=O)O)ccc12. The molecule has 4 aromatic rings. The van der Waals surface area contributed by atoms with Gasteiger partial charge in [0.15, 0.2) is 0 Å². The second-order valence-corrected chi connectivity index (χ2v) is 13.6. The highest BCUT2D eigenvalue weighted by molar-refractivity contribution is 6.00. The van der Waals surface area contributed by atoms with Crippen molar-refractivity contribution in [1.82, 2.24) is 15.5 Å². The van der Waals surface area contributed by atoms with Crippen molar-refractivity contribution < 1.29 is 38.2 Å². The number of aryl methyl sites for hydroxylation is 1. The molecule has 4 N–H and O–H groups in total. The first-order valence-corrected chi connectivity index (χ1v) is 17.6. The number of anilines is 1. The summed E-state index contributed by atoms with van der Waals surface area (Å²) in [4.78, 5) is 80.8. The number of carboxylic acids is 1. The Bertz CT molecular complexity index is 2000. The number of carbonyl (C=O) groups excluding carboxylic acids is 4. The zero-order valence-electron chi connectivity index (χ0n) is 29.9. The Balaban J connectivity index is 1.34. The van der Waals surface area contributed by atoms with Crippen LogP contribution in [0.25, 0.3) is 11.0 Å². The first kappa shape index (κ1) is 38.3. The van der Waals surface area contributed by atoms with Gasteiger partial charge in [-0.15, -0.1) is 0 Å². The van der Waals surface area contributed by atoms with Crippen LogP contribution >= 0.6 is 0 Å². The Labute approximate surface area is 306 Å². The van der Waals surface area contributed by atoms with Gasteiger partial charge in [0.05, 0.1) is 5.92 Å². The summed E-state index contributed by atoms with van der Waals surface area (Å²) in [5.41, 5.74) is 2.21. The molecule has 3 aromatic carbocycles. The fourth-order valence-corrected chi connectivity index (χ4v) is 6.53. The molecule has 0 spiro atoms. The number of benzene rings is 3. The van der Waals surface area contributed by atoms with Crippen molar-refractivity contribution in [2.24, 2.45) is 11.8 Å².